The third-order valence-corrected chi connectivity index (χ3v) is 5.65. The quantitative estimate of drug-likeness (QED) is 0.125. The van der Waals surface area contributed by atoms with Crippen molar-refractivity contribution in [2.24, 2.45) is 0 Å². The predicted molar refractivity (Wildman–Crippen MR) is 85.5 cm³/mol. The molecule has 0 unspecified atom stereocenters. The maximum atomic E-state index is 7.96. The number of nitrogens with two attached hydrogens (primary N) is 2. The molecule has 4 aliphatic heterocycles. The van der Waals surface area contributed by atoms with Gasteiger partial charge in [-0.2, -0.15) is 0 Å². The number of nitrogens with zero attached hydrogens (tertiary/aromatic N) is 3. The summed E-state index contributed by atoms with van der Waals surface area (Å²) in [6.45, 7) is 3.76. The Labute approximate surface area is 282 Å². The average molecular weight is 1110 g/mol. The van der Waals surface area contributed by atoms with Gasteiger partial charge < -0.3 is 49.2 Å². The minimum atomic E-state index is -1.63. The van der Waals surface area contributed by atoms with Crippen LogP contribution in [0, 0.1) is 0 Å². The largest absolute Gasteiger partial charge is 1.00 e. The molecule has 4 bridgehead atoms. The van der Waals surface area contributed by atoms with Crippen LogP contribution in [0.2, 0.25) is 0 Å². The fourth-order valence-corrected chi connectivity index (χ4v) is 5.37. The molecule has 20 heteroatoms. The van der Waals surface area contributed by atoms with Crippen LogP contribution < -0.4 is 0 Å². The van der Waals surface area contributed by atoms with Crippen molar-refractivity contribution >= 4 is 7.92 Å². The first-order valence-corrected chi connectivity index (χ1v) is 7.88. The molecule has 214 valence electrons. The molecule has 0 atom stereocenters. The topological polar surface area (TPSA) is 252 Å². The van der Waals surface area contributed by atoms with Crippen molar-refractivity contribution < 1.29 is 194 Å². The van der Waals surface area contributed by atoms with Gasteiger partial charge in [0.05, 0.1) is 20.0 Å². The van der Waals surface area contributed by atoms with Gasteiger partial charge in [0.15, 0.2) is 12.6 Å². The van der Waals surface area contributed by atoms with Crippen molar-refractivity contribution in [1.29, 1.82) is 0 Å². The van der Waals surface area contributed by atoms with Crippen LogP contribution in [0.15, 0.2) is 0 Å². The van der Waals surface area contributed by atoms with Crippen molar-refractivity contribution in [3.63, 3.8) is 0 Å². The van der Waals surface area contributed by atoms with Crippen molar-refractivity contribution in [1.82, 2.24) is 14.7 Å². The van der Waals surface area contributed by atoms with E-state index >= 15 is 0 Å². The van der Waals surface area contributed by atoms with E-state index in [1.807, 2.05) is 0 Å². The Hall–Kier alpha value is 5.13. The van der Waals surface area contributed by atoms with Gasteiger partial charge in [0.1, 0.15) is 18.9 Å². The van der Waals surface area contributed by atoms with E-state index in [1.54, 1.807) is 0 Å². The van der Waals surface area contributed by atoms with Crippen molar-refractivity contribution in [2.45, 2.75) is 19.0 Å². The third-order valence-electron chi connectivity index (χ3n) is 2.96. The van der Waals surface area contributed by atoms with Crippen LogP contribution in [-0.2, 0) is 157 Å². The molecule has 0 aromatic rings. The zero-order valence-corrected chi connectivity index (χ0v) is 25.9. The molecule has 4 radical (unpaired) electrons. The van der Waals surface area contributed by atoms with Crippen LogP contribution in [0.25, 0.3) is 12.3 Å². The zero-order chi connectivity index (χ0) is 12.4. The maximum Gasteiger partial charge on any atom is 1.00 e. The monoisotopic (exact) mass is 1100 g/mol. The second-order valence-electron chi connectivity index (χ2n) is 4.86. The van der Waals surface area contributed by atoms with E-state index in [2.05, 4.69) is 14.7 Å². The first kappa shape index (κ1) is 70.0. The number of hydrogen-bond acceptors (Lipinski definition) is 7. The molecule has 0 aliphatic carbocycles. The smallest absolute Gasteiger partial charge is 0.693 e. The van der Waals surface area contributed by atoms with Crippen molar-refractivity contribution in [2.75, 3.05) is 38.9 Å². The molecule has 0 aromatic carbocycles. The van der Waals surface area contributed by atoms with Gasteiger partial charge in [-0.3, -0.25) is 0 Å². The molecule has 29 heavy (non-hydrogen) atoms. The molecule has 4 saturated heterocycles. The van der Waals surface area contributed by atoms with Gasteiger partial charge in [-0.25, -0.2) is 14.7 Å². The van der Waals surface area contributed by atoms with Gasteiger partial charge >= 0.3 is 67.1 Å². The van der Waals surface area contributed by atoms with Crippen LogP contribution >= 0.6 is 7.92 Å². The predicted octanol–water partition coefficient (Wildman–Crippen LogP) is -3.17. The minimum Gasteiger partial charge on any atom is -0.693 e. The van der Waals surface area contributed by atoms with Gasteiger partial charge in [-0.15, -0.1) is 0 Å². The van der Waals surface area contributed by atoms with E-state index in [4.69, 9.17) is 20.4 Å². The molecule has 4 aliphatic rings. The summed E-state index contributed by atoms with van der Waals surface area (Å²) in [4.78, 5) is 7.76. The average Bonchev–Trinajstić information content (AvgIpc) is 2.12. The first-order chi connectivity index (χ1) is 8.02. The van der Waals surface area contributed by atoms with Gasteiger partial charge in [-0.1, -0.05) is 0 Å². The number of aliphatic hydroxyl groups is 4. The second kappa shape index (κ2) is 37.7. The SMILES string of the molecule is C1N2CN3CN1C[PH+](C2)C3.O.O.O.OC(O)CC(O)O.[Ag+].[Ag+].[Ag+].[Ag].[Ag].[Ag].[Ag].[NH2-].[NH2-]. The Morgan fingerprint density at radius 3 is 0.897 bits per heavy atom. The molecule has 0 spiro atoms. The Morgan fingerprint density at radius 1 is 0.586 bits per heavy atom. The van der Waals surface area contributed by atoms with Gasteiger partial charge in [0, 0.05) is 104 Å². The molecular weight excluding hydrogens is 1080 g/mol. The Morgan fingerprint density at radius 2 is 0.793 bits per heavy atom. The van der Waals surface area contributed by atoms with Crippen LogP contribution in [0.4, 0.5) is 0 Å². The molecule has 4 fully saturated rings. The third kappa shape index (κ3) is 29.3. The number of rotatable bonds is 2. The molecule has 0 amide bonds. The standard InChI is InChI=1S/C6H12N3P.C3H8O4.7Ag.2H2N.3H2O/c1-7-2-9-3-8(1)5-10(4-7)6-9;4-2(5)1-3(6)7;;;;;;;;;;;;/h1-6H2;2-7H,1H2;;;;;;;;5*1H2/q;;;;;;3*+1;2*-1;;;/p+1. The van der Waals surface area contributed by atoms with Crippen molar-refractivity contribution in [3.8, 4) is 0 Å². The molecular formula is C9H31Ag7N5O7P+2. The van der Waals surface area contributed by atoms with E-state index in [0.717, 1.165) is 0 Å². The van der Waals surface area contributed by atoms with Crippen LogP contribution in [0.5, 0.6) is 0 Å². The van der Waals surface area contributed by atoms with E-state index < -0.39 is 19.0 Å². The molecule has 4 rings (SSSR count). The fraction of sp³-hybridized carbons (Fsp3) is 1.00. The molecule has 0 saturated carbocycles. The first-order valence-electron chi connectivity index (χ1n) is 5.76. The summed E-state index contributed by atoms with van der Waals surface area (Å²) < 4.78 is 0. The van der Waals surface area contributed by atoms with Crippen LogP contribution in [0.1, 0.15) is 6.42 Å². The second-order valence-corrected chi connectivity index (χ2v) is 7.31. The van der Waals surface area contributed by atoms with E-state index in [0.29, 0.717) is 0 Å². The summed E-state index contributed by atoms with van der Waals surface area (Å²) in [5.74, 6) is 0. The summed E-state index contributed by atoms with van der Waals surface area (Å²) in [7, 11) is 0.0297. The summed E-state index contributed by atoms with van der Waals surface area (Å²) in [5.41, 5.74) is 0. The van der Waals surface area contributed by atoms with Gasteiger partial charge in [-0.05, 0) is 0 Å². The van der Waals surface area contributed by atoms with Gasteiger partial charge in [0.2, 0.25) is 0 Å². The summed E-state index contributed by atoms with van der Waals surface area (Å²) in [6.07, 6.45) is 0.701. The molecule has 4 heterocycles. The molecule has 14 N–H and O–H groups in total. The molecule has 0 aromatic heterocycles. The van der Waals surface area contributed by atoms with Crippen molar-refractivity contribution in [3.05, 3.63) is 12.3 Å². The summed E-state index contributed by atoms with van der Waals surface area (Å²) in [5, 5.41) is 31.8. The fourth-order valence-electron chi connectivity index (χ4n) is 2.57. The number of hydrogen-bond donors (Lipinski definition) is 4. The van der Waals surface area contributed by atoms with Crippen LogP contribution in [0.3, 0.4) is 0 Å². The summed E-state index contributed by atoms with van der Waals surface area (Å²) >= 11 is 0. The van der Waals surface area contributed by atoms with Gasteiger partial charge in [0.25, 0.3) is 0 Å². The van der Waals surface area contributed by atoms with E-state index in [-0.39, 0.29) is 193 Å². The normalized spacial score (nSPS) is 22.6. The van der Waals surface area contributed by atoms with E-state index in [1.165, 1.54) is 38.9 Å². The zero-order valence-electron chi connectivity index (χ0n) is 14.5. The Bertz CT molecular complexity index is 225. The summed E-state index contributed by atoms with van der Waals surface area (Å²) in [6, 6.07) is 0. The molecule has 12 nitrogen and oxygen atoms in total. The van der Waals surface area contributed by atoms with E-state index in [9.17, 15) is 0 Å². The minimum absolute atomic E-state index is 0. The maximum absolute atomic E-state index is 7.96. The Balaban J connectivity index is -0.0000000181. The van der Waals surface area contributed by atoms with Crippen LogP contribution in [-0.4, -0.2) is 103 Å². The number of aliphatic hydroxyl groups excluding tert-OH is 2. The Kier molecular flexibility index (Phi) is 91.0.